The van der Waals surface area contributed by atoms with Crippen molar-refractivity contribution in [2.24, 2.45) is 16.5 Å². The van der Waals surface area contributed by atoms with Crippen LogP contribution in [0.2, 0.25) is 0 Å². The molecule has 3 atom stereocenters. The van der Waals surface area contributed by atoms with E-state index in [1.807, 2.05) is 36.4 Å². The van der Waals surface area contributed by atoms with E-state index in [1.54, 1.807) is 0 Å². The second-order valence-electron chi connectivity index (χ2n) is 9.69. The number of likely N-dealkylation sites (tertiary alicyclic amines) is 1. The number of nitrogens with zero attached hydrogens (tertiary/aromatic N) is 2. The van der Waals surface area contributed by atoms with Crippen molar-refractivity contribution in [1.82, 2.24) is 10.2 Å². The van der Waals surface area contributed by atoms with Gasteiger partial charge in [0.2, 0.25) is 11.8 Å². The van der Waals surface area contributed by atoms with Gasteiger partial charge < -0.3 is 26.4 Å². The Kier molecular flexibility index (Phi) is 11.8. The Bertz CT molecular complexity index is 1070. The highest BCUT2D eigenvalue weighted by molar-refractivity contribution is 6.28. The monoisotopic (exact) mass is 555 g/mol. The third-order valence-electron chi connectivity index (χ3n) is 6.92. The fourth-order valence-electron chi connectivity index (χ4n) is 4.94. The lowest BCUT2D eigenvalue weighted by atomic mass is 9.89. The van der Waals surface area contributed by atoms with E-state index in [1.165, 1.54) is 23.0 Å². The average Bonchev–Trinajstić information content (AvgIpc) is 3.38. The van der Waals surface area contributed by atoms with Crippen molar-refractivity contribution >= 4 is 35.2 Å². The van der Waals surface area contributed by atoms with Gasteiger partial charge >= 0.3 is 0 Å². The molecule has 39 heavy (non-hydrogen) atoms. The summed E-state index contributed by atoms with van der Waals surface area (Å²) in [5, 5.41) is 2.79. The summed E-state index contributed by atoms with van der Waals surface area (Å²) < 4.78 is 6.21. The molecule has 0 spiro atoms. The number of ether oxygens (including phenoxy) is 1. The van der Waals surface area contributed by atoms with E-state index < -0.39 is 18.0 Å². The summed E-state index contributed by atoms with van der Waals surface area (Å²) in [5.41, 5.74) is 13.1. The molecule has 1 aliphatic rings. The Labute approximate surface area is 234 Å². The van der Waals surface area contributed by atoms with Crippen LogP contribution < -0.4 is 16.8 Å². The third kappa shape index (κ3) is 9.07. The highest BCUT2D eigenvalue weighted by Gasteiger charge is 2.40. The van der Waals surface area contributed by atoms with Gasteiger partial charge in [0.1, 0.15) is 6.04 Å². The maximum atomic E-state index is 13.2. The van der Waals surface area contributed by atoms with E-state index in [0.29, 0.717) is 39.0 Å². The molecule has 1 heterocycles. The minimum Gasteiger partial charge on any atom is -0.376 e. The Hall–Kier alpha value is -3.43. The first-order valence-electron chi connectivity index (χ1n) is 13.2. The summed E-state index contributed by atoms with van der Waals surface area (Å²) in [4.78, 5) is 43.4. The molecule has 1 aliphatic heterocycles. The molecular formula is C29H38ClN5O4. The van der Waals surface area contributed by atoms with Gasteiger partial charge in [-0.05, 0) is 30.4 Å². The SMILES string of the molecule is CC(=O)N1C[C@H](OCCC(c2ccccc2)c2ccccc2)C[C@H]1C(=O)N[C@@H](CCCN=C(N)N)C(=O)CCl. The van der Waals surface area contributed by atoms with E-state index in [2.05, 4.69) is 34.6 Å². The number of hydrogen-bond donors (Lipinski definition) is 3. The van der Waals surface area contributed by atoms with Crippen LogP contribution in [-0.4, -0.2) is 72.2 Å². The predicted molar refractivity (Wildman–Crippen MR) is 152 cm³/mol. The molecule has 9 nitrogen and oxygen atoms in total. The molecule has 0 aliphatic carbocycles. The molecule has 0 saturated carbocycles. The van der Waals surface area contributed by atoms with Crippen LogP contribution in [0.3, 0.4) is 0 Å². The van der Waals surface area contributed by atoms with Crippen LogP contribution in [-0.2, 0) is 19.1 Å². The second-order valence-corrected chi connectivity index (χ2v) is 9.96. The zero-order valence-corrected chi connectivity index (χ0v) is 23.1. The molecule has 1 fully saturated rings. The molecule has 0 aromatic heterocycles. The number of Topliss-reactive ketones (excluding diaryl/α,β-unsaturated/α-hetero) is 1. The minimum atomic E-state index is -0.782. The second kappa shape index (κ2) is 15.2. The van der Waals surface area contributed by atoms with Crippen LogP contribution in [0.25, 0.3) is 0 Å². The maximum absolute atomic E-state index is 13.2. The van der Waals surface area contributed by atoms with Crippen LogP contribution in [0.1, 0.15) is 49.7 Å². The summed E-state index contributed by atoms with van der Waals surface area (Å²) >= 11 is 5.77. The maximum Gasteiger partial charge on any atom is 0.243 e. The number of hydrogen-bond acceptors (Lipinski definition) is 5. The summed E-state index contributed by atoms with van der Waals surface area (Å²) in [7, 11) is 0. The third-order valence-corrected chi connectivity index (χ3v) is 7.18. The van der Waals surface area contributed by atoms with Crippen LogP contribution in [0.5, 0.6) is 0 Å². The fourth-order valence-corrected chi connectivity index (χ4v) is 5.13. The largest absolute Gasteiger partial charge is 0.376 e. The number of guanidine groups is 1. The highest BCUT2D eigenvalue weighted by atomic mass is 35.5. The number of alkyl halides is 1. The number of nitrogens with one attached hydrogen (secondary N) is 1. The van der Waals surface area contributed by atoms with Gasteiger partial charge in [-0.3, -0.25) is 19.4 Å². The molecule has 210 valence electrons. The van der Waals surface area contributed by atoms with Gasteiger partial charge in [0.25, 0.3) is 0 Å². The lowest BCUT2D eigenvalue weighted by Crippen LogP contribution is -2.50. The predicted octanol–water partition coefficient (Wildman–Crippen LogP) is 2.56. The molecule has 2 aromatic carbocycles. The van der Waals surface area contributed by atoms with E-state index in [0.717, 1.165) is 6.42 Å². The van der Waals surface area contributed by atoms with Crippen LogP contribution in [0.15, 0.2) is 65.7 Å². The topological polar surface area (TPSA) is 140 Å². The molecule has 0 radical (unpaired) electrons. The number of halogens is 1. The van der Waals surface area contributed by atoms with E-state index in [-0.39, 0.29) is 35.6 Å². The van der Waals surface area contributed by atoms with Gasteiger partial charge in [-0.2, -0.15) is 0 Å². The zero-order valence-electron chi connectivity index (χ0n) is 22.3. The molecule has 1 saturated heterocycles. The average molecular weight is 556 g/mol. The summed E-state index contributed by atoms with van der Waals surface area (Å²) in [5.74, 6) is -1.02. The number of carbonyl (C=O) groups excluding carboxylic acids is 3. The van der Waals surface area contributed by atoms with Crippen LogP contribution >= 0.6 is 11.6 Å². The lowest BCUT2D eigenvalue weighted by Gasteiger charge is -2.24. The van der Waals surface area contributed by atoms with E-state index in [9.17, 15) is 14.4 Å². The van der Waals surface area contributed by atoms with Crippen LogP contribution in [0, 0.1) is 0 Å². The van der Waals surface area contributed by atoms with Crippen molar-refractivity contribution in [3.8, 4) is 0 Å². The van der Waals surface area contributed by atoms with E-state index >= 15 is 0 Å². The van der Waals surface area contributed by atoms with Gasteiger partial charge in [-0.1, -0.05) is 60.7 Å². The van der Waals surface area contributed by atoms with Gasteiger partial charge in [-0.25, -0.2) is 0 Å². The van der Waals surface area contributed by atoms with Crippen molar-refractivity contribution < 1.29 is 19.1 Å². The Morgan fingerprint density at radius 1 is 1.05 bits per heavy atom. The fraction of sp³-hybridized carbons (Fsp3) is 0.448. The van der Waals surface area contributed by atoms with Crippen molar-refractivity contribution in [2.75, 3.05) is 25.6 Å². The summed E-state index contributed by atoms with van der Waals surface area (Å²) in [6, 6.07) is 19.0. The smallest absolute Gasteiger partial charge is 0.243 e. The highest BCUT2D eigenvalue weighted by Crippen LogP contribution is 2.29. The molecule has 10 heteroatoms. The zero-order chi connectivity index (χ0) is 28.2. The van der Waals surface area contributed by atoms with Crippen molar-refractivity contribution in [3.05, 3.63) is 71.8 Å². The summed E-state index contributed by atoms with van der Waals surface area (Å²) in [6.07, 6.45) is 1.64. The lowest BCUT2D eigenvalue weighted by molar-refractivity contribution is -0.138. The standard InChI is InChI=1S/C29H38ClN5O4/c1-20(36)35-19-23(17-26(35)28(38)34-25(27(37)18-30)13-8-15-33-29(31)32)39-16-14-24(21-9-4-2-5-10-21)22-11-6-3-7-12-22/h2-7,9-12,23-26H,8,13-19H2,1H3,(H,34,38)(H4,31,32,33)/t23-,25+,26+/m1/s1. The first kappa shape index (κ1) is 30.1. The number of amides is 2. The molecule has 0 unspecified atom stereocenters. The van der Waals surface area contributed by atoms with Gasteiger partial charge in [0.05, 0.1) is 18.0 Å². The molecular weight excluding hydrogens is 518 g/mol. The normalized spacial score (nSPS) is 17.6. The Morgan fingerprint density at radius 2 is 1.67 bits per heavy atom. The Morgan fingerprint density at radius 3 is 2.21 bits per heavy atom. The van der Waals surface area contributed by atoms with E-state index in [4.69, 9.17) is 27.8 Å². The quantitative estimate of drug-likeness (QED) is 0.142. The van der Waals surface area contributed by atoms with Gasteiger partial charge in [0.15, 0.2) is 11.7 Å². The molecule has 3 rings (SSSR count). The number of nitrogens with two attached hydrogens (primary N) is 2. The number of aliphatic imine (C=N–C) groups is 1. The summed E-state index contributed by atoms with van der Waals surface area (Å²) in [6.45, 7) is 2.54. The van der Waals surface area contributed by atoms with Crippen molar-refractivity contribution in [1.29, 1.82) is 0 Å². The number of rotatable bonds is 14. The van der Waals surface area contributed by atoms with Crippen LogP contribution in [0.4, 0.5) is 0 Å². The molecule has 2 amide bonds. The van der Waals surface area contributed by atoms with Crippen molar-refractivity contribution in [2.45, 2.75) is 56.7 Å². The number of carbonyl (C=O) groups is 3. The minimum absolute atomic E-state index is 0.0350. The molecule has 5 N–H and O–H groups in total. The van der Waals surface area contributed by atoms with Gasteiger partial charge in [-0.15, -0.1) is 11.6 Å². The van der Waals surface area contributed by atoms with Gasteiger partial charge in [0, 0.05) is 39.0 Å². The number of ketones is 1. The molecule has 0 bridgehead atoms. The number of benzene rings is 2. The molecule has 2 aromatic rings. The van der Waals surface area contributed by atoms with Crippen molar-refractivity contribution in [3.63, 3.8) is 0 Å². The Balaban J connectivity index is 1.61. The first-order valence-corrected chi connectivity index (χ1v) is 13.8. The first-order chi connectivity index (χ1) is 18.8.